The minimum atomic E-state index is -0.498. The maximum atomic E-state index is 9.58. The number of hydrogen-bond acceptors (Lipinski definition) is 1. The summed E-state index contributed by atoms with van der Waals surface area (Å²) in [5.41, 5.74) is 2.51. The molecule has 0 aliphatic rings. The molecule has 8 aromatic carbocycles. The minimum absolute atomic E-state index is 0.0170. The van der Waals surface area contributed by atoms with Gasteiger partial charge < -0.3 is 4.42 Å². The second kappa shape index (κ2) is 9.44. The van der Waals surface area contributed by atoms with E-state index in [1.165, 1.54) is 0 Å². The zero-order valence-electron chi connectivity index (χ0n) is 34.5. The van der Waals surface area contributed by atoms with E-state index in [2.05, 4.69) is 0 Å². The lowest BCUT2D eigenvalue weighted by Crippen LogP contribution is -1.92. The maximum absolute atomic E-state index is 9.58. The Bertz CT molecular complexity index is 3100. The second-order valence-electron chi connectivity index (χ2n) is 10.3. The molecule has 0 spiro atoms. The molecule has 0 aliphatic carbocycles. The molecule has 0 aliphatic heterocycles. The van der Waals surface area contributed by atoms with Gasteiger partial charge in [-0.3, -0.25) is 0 Å². The van der Waals surface area contributed by atoms with Crippen LogP contribution in [0, 0.1) is 0 Å². The average Bonchev–Trinajstić information content (AvgIpc) is 3.61. The lowest BCUT2D eigenvalue weighted by atomic mass is 9.83. The fraction of sp³-hybridized carbons (Fsp3) is 0. The highest BCUT2D eigenvalue weighted by atomic mass is 16.3. The highest BCUT2D eigenvalue weighted by Gasteiger charge is 2.19. The van der Waals surface area contributed by atoms with E-state index in [1.54, 1.807) is 6.07 Å². The van der Waals surface area contributed by atoms with Crippen molar-refractivity contribution in [2.45, 2.75) is 0 Å². The largest absolute Gasteiger partial charge is 0.456 e. The van der Waals surface area contributed by atoms with E-state index in [9.17, 15) is 2.74 Å². The fourth-order valence-electron chi connectivity index (χ4n) is 6.24. The zero-order valence-corrected chi connectivity index (χ0v) is 22.5. The van der Waals surface area contributed by atoms with Gasteiger partial charge in [-0.2, -0.15) is 0 Å². The van der Waals surface area contributed by atoms with Gasteiger partial charge in [0.2, 0.25) is 0 Å². The van der Waals surface area contributed by atoms with Crippen molar-refractivity contribution in [1.29, 1.82) is 0 Å². The third-order valence-corrected chi connectivity index (χ3v) is 8.03. The molecule has 0 amide bonds. The highest BCUT2D eigenvalue weighted by Crippen LogP contribution is 2.47. The van der Waals surface area contributed by atoms with E-state index in [-0.39, 0.29) is 63.3 Å². The van der Waals surface area contributed by atoms with Gasteiger partial charge in [0.25, 0.3) is 0 Å². The van der Waals surface area contributed by atoms with E-state index >= 15 is 0 Å². The van der Waals surface area contributed by atoms with Gasteiger partial charge in [0.1, 0.15) is 11.2 Å². The zero-order chi connectivity index (χ0) is 38.8. The smallest absolute Gasteiger partial charge is 0.135 e. The molecule has 9 rings (SSSR count). The van der Waals surface area contributed by atoms with Gasteiger partial charge in [-0.25, -0.2) is 0 Å². The van der Waals surface area contributed by atoms with E-state index in [4.69, 9.17) is 18.1 Å². The summed E-state index contributed by atoms with van der Waals surface area (Å²) < 4.78 is 110. The minimum Gasteiger partial charge on any atom is -0.456 e. The Kier molecular flexibility index (Phi) is 3.29. The molecule has 1 aromatic heterocycles. The number of fused-ring (bicyclic) bond motifs is 6. The lowest BCUT2D eigenvalue weighted by molar-refractivity contribution is 0.669. The SMILES string of the molecule is [2H]c1c([2H])c([2H])c(-c2ccc(-c3c4ccccc4c(-c4c([2H])c([2H])c5oc6c([2H])c([2H])c([2H])c([2H])c6c5c4[2H])c4ccccc34)c3ccccc23)c([2H])c1[2H]. The summed E-state index contributed by atoms with van der Waals surface area (Å²) >= 11 is 0. The van der Waals surface area contributed by atoms with Crippen molar-refractivity contribution in [3.05, 3.63) is 157 Å². The normalized spacial score (nSPS) is 15.6. The summed E-state index contributed by atoms with van der Waals surface area (Å²) in [6.45, 7) is 0. The molecule has 0 saturated carbocycles. The first-order valence-electron chi connectivity index (χ1n) is 19.8. The summed E-state index contributed by atoms with van der Waals surface area (Å²) in [6.07, 6.45) is 0. The Hall–Kier alpha value is -5.66. The Balaban J connectivity index is 1.40. The fourth-order valence-corrected chi connectivity index (χ4v) is 6.24. The Morgan fingerprint density at radius 3 is 1.60 bits per heavy atom. The van der Waals surface area contributed by atoms with Crippen molar-refractivity contribution in [3.8, 4) is 33.4 Å². The van der Waals surface area contributed by atoms with E-state index in [1.807, 2.05) is 78.9 Å². The first-order chi connectivity index (χ1) is 26.3. The van der Waals surface area contributed by atoms with Crippen LogP contribution in [0.1, 0.15) is 16.4 Å². The summed E-state index contributed by atoms with van der Waals surface area (Å²) in [5.74, 6) is 0. The Labute approximate surface area is 266 Å². The molecular formula is C42H26O. The monoisotopic (exact) mass is 558 g/mol. The molecule has 9 aromatic rings. The van der Waals surface area contributed by atoms with Crippen molar-refractivity contribution in [2.75, 3.05) is 0 Å². The molecule has 1 heteroatoms. The molecule has 0 fully saturated rings. The van der Waals surface area contributed by atoms with E-state index < -0.39 is 42.3 Å². The van der Waals surface area contributed by atoms with Crippen molar-refractivity contribution >= 4 is 54.3 Å². The summed E-state index contributed by atoms with van der Waals surface area (Å²) in [4.78, 5) is 0. The van der Waals surface area contributed by atoms with Crippen molar-refractivity contribution < 1.29 is 20.9 Å². The van der Waals surface area contributed by atoms with Gasteiger partial charge in [-0.15, -0.1) is 0 Å². The topological polar surface area (TPSA) is 13.1 Å². The number of hydrogen-bond donors (Lipinski definition) is 0. The summed E-state index contributed by atoms with van der Waals surface area (Å²) in [5, 5.41) is 4.34. The predicted molar refractivity (Wildman–Crippen MR) is 183 cm³/mol. The third kappa shape index (κ3) is 3.65. The molecule has 0 atom stereocenters. The second-order valence-corrected chi connectivity index (χ2v) is 10.3. The van der Waals surface area contributed by atoms with Crippen LogP contribution in [0.2, 0.25) is 0 Å². The van der Waals surface area contributed by atoms with Crippen molar-refractivity contribution in [1.82, 2.24) is 0 Å². The maximum Gasteiger partial charge on any atom is 0.135 e. The molecule has 0 saturated heterocycles. The molecule has 1 nitrogen and oxygen atoms in total. The van der Waals surface area contributed by atoms with Gasteiger partial charge in [-0.05, 0) is 83.8 Å². The van der Waals surface area contributed by atoms with Crippen LogP contribution in [0.3, 0.4) is 0 Å². The summed E-state index contributed by atoms with van der Waals surface area (Å²) in [7, 11) is 0. The van der Waals surface area contributed by atoms with E-state index in [0.717, 1.165) is 27.3 Å². The number of benzene rings is 8. The van der Waals surface area contributed by atoms with Crippen molar-refractivity contribution in [3.63, 3.8) is 0 Å². The molecule has 43 heavy (non-hydrogen) atoms. The van der Waals surface area contributed by atoms with Gasteiger partial charge >= 0.3 is 0 Å². The third-order valence-electron chi connectivity index (χ3n) is 8.03. The quantitative estimate of drug-likeness (QED) is 0.197. The first-order valence-corrected chi connectivity index (χ1v) is 13.8. The van der Waals surface area contributed by atoms with Crippen LogP contribution in [-0.2, 0) is 0 Å². The molecule has 1 heterocycles. The van der Waals surface area contributed by atoms with Gasteiger partial charge in [0.05, 0.1) is 16.4 Å². The molecule has 200 valence electrons. The van der Waals surface area contributed by atoms with E-state index in [0.29, 0.717) is 27.3 Å². The molecule has 0 unspecified atom stereocenters. The summed E-state index contributed by atoms with van der Waals surface area (Å²) in [6, 6.07) is 21.7. The molecule has 0 N–H and O–H groups in total. The van der Waals surface area contributed by atoms with Crippen LogP contribution in [0.15, 0.2) is 162 Å². The van der Waals surface area contributed by atoms with Crippen LogP contribution in [-0.4, -0.2) is 0 Å². The highest BCUT2D eigenvalue weighted by molar-refractivity contribution is 6.24. The van der Waals surface area contributed by atoms with Crippen molar-refractivity contribution in [2.24, 2.45) is 0 Å². The van der Waals surface area contributed by atoms with Gasteiger partial charge in [0, 0.05) is 10.8 Å². The van der Waals surface area contributed by atoms with Gasteiger partial charge in [0.15, 0.2) is 0 Å². The lowest BCUT2D eigenvalue weighted by Gasteiger charge is -2.19. The predicted octanol–water partition coefficient (Wildman–Crippen LogP) is 12.0. The molecule has 0 bridgehead atoms. The number of furan rings is 1. The Morgan fingerprint density at radius 2 is 0.907 bits per heavy atom. The van der Waals surface area contributed by atoms with Crippen LogP contribution in [0.4, 0.5) is 0 Å². The number of rotatable bonds is 3. The van der Waals surface area contributed by atoms with Crippen LogP contribution in [0.5, 0.6) is 0 Å². The molecular weight excluding hydrogens is 520 g/mol. The number of para-hydroxylation sites is 1. The first kappa shape index (κ1) is 15.0. The Morgan fingerprint density at radius 1 is 0.372 bits per heavy atom. The van der Waals surface area contributed by atoms with Crippen LogP contribution in [0.25, 0.3) is 87.6 Å². The molecule has 0 radical (unpaired) electrons. The van der Waals surface area contributed by atoms with Gasteiger partial charge in [-0.1, -0.05) is 139 Å². The average molecular weight is 559 g/mol. The van der Waals surface area contributed by atoms with Crippen LogP contribution >= 0.6 is 0 Å². The standard InChI is InChI=1S/C42H26O/c1-2-12-27(13-3-1)29-23-24-37(31-15-5-4-14-30(29)31)42-35-19-8-6-17-33(35)41(34-18-7-9-20-36(34)42)28-22-25-40-38(26-28)32-16-10-11-21-39(32)43-40/h1-26H/i1D,2D,3D,10D,11D,12D,13D,16D,21D,22D,25D,26D. The van der Waals surface area contributed by atoms with Crippen LogP contribution < -0.4 is 0 Å².